The van der Waals surface area contributed by atoms with E-state index < -0.39 is 18.0 Å². The molecule has 2 aliphatic rings. The molecule has 0 bridgehead atoms. The van der Waals surface area contributed by atoms with Gasteiger partial charge in [0.15, 0.2) is 11.9 Å². The van der Waals surface area contributed by atoms with Crippen molar-refractivity contribution in [2.75, 3.05) is 7.05 Å². The highest BCUT2D eigenvalue weighted by Gasteiger charge is 2.35. The zero-order valence-corrected chi connectivity index (χ0v) is 14.7. The summed E-state index contributed by atoms with van der Waals surface area (Å²) in [5.41, 5.74) is 1.12. The van der Waals surface area contributed by atoms with E-state index in [1.807, 2.05) is 19.1 Å². The molecule has 4 nitrogen and oxygen atoms in total. The molecule has 0 amide bonds. The molecule has 3 unspecified atom stereocenters. The summed E-state index contributed by atoms with van der Waals surface area (Å²) in [6.07, 6.45) is 9.97. The van der Waals surface area contributed by atoms with E-state index in [1.54, 1.807) is 13.3 Å². The third kappa shape index (κ3) is 3.71. The summed E-state index contributed by atoms with van der Waals surface area (Å²) in [6.45, 7) is 2.00. The van der Waals surface area contributed by atoms with Crippen LogP contribution in [-0.4, -0.2) is 28.8 Å². The summed E-state index contributed by atoms with van der Waals surface area (Å²) in [7, 11) is 1.65. The molecule has 1 aromatic heterocycles. The summed E-state index contributed by atoms with van der Waals surface area (Å²) >= 11 is 0. The van der Waals surface area contributed by atoms with Crippen molar-refractivity contribution in [3.05, 3.63) is 53.9 Å². The van der Waals surface area contributed by atoms with Crippen LogP contribution in [0, 0.1) is 11.8 Å². The summed E-state index contributed by atoms with van der Waals surface area (Å²) in [6, 6.07) is 0.981. The normalized spacial score (nSPS) is 26.3. The number of halogens is 3. The summed E-state index contributed by atoms with van der Waals surface area (Å²) < 4.78 is 40.0. The van der Waals surface area contributed by atoms with Crippen LogP contribution in [0.3, 0.4) is 0 Å². The van der Waals surface area contributed by atoms with Crippen LogP contribution in [0.4, 0.5) is 13.2 Å². The first-order chi connectivity index (χ1) is 12.4. The molecule has 1 aliphatic carbocycles. The number of dihydropyridines is 1. The first-order valence-corrected chi connectivity index (χ1v) is 8.60. The molecule has 1 aliphatic heterocycles. The van der Waals surface area contributed by atoms with Gasteiger partial charge in [-0.2, -0.15) is 18.3 Å². The van der Waals surface area contributed by atoms with Gasteiger partial charge in [-0.1, -0.05) is 37.3 Å². The molecule has 0 fully saturated rings. The van der Waals surface area contributed by atoms with Crippen molar-refractivity contribution in [1.29, 1.82) is 0 Å². The van der Waals surface area contributed by atoms with Crippen LogP contribution in [0.1, 0.15) is 31.6 Å². The molecule has 3 rings (SSSR count). The van der Waals surface area contributed by atoms with E-state index in [1.165, 1.54) is 10.9 Å². The van der Waals surface area contributed by atoms with Crippen LogP contribution in [0.15, 0.2) is 58.2 Å². The minimum Gasteiger partial charge on any atom is -0.300 e. The Morgan fingerprint density at radius 2 is 2.15 bits per heavy atom. The van der Waals surface area contributed by atoms with Gasteiger partial charge in [0.25, 0.3) is 0 Å². The number of nitrogens with zero attached hydrogens (tertiary/aromatic N) is 4. The Balaban J connectivity index is 1.97. The van der Waals surface area contributed by atoms with Crippen molar-refractivity contribution in [3.8, 4) is 0 Å². The van der Waals surface area contributed by atoms with Gasteiger partial charge < -0.3 is 4.99 Å². The fraction of sp³-hybridized carbons (Fsp3) is 0.421. The van der Waals surface area contributed by atoms with E-state index in [0.29, 0.717) is 6.42 Å². The van der Waals surface area contributed by atoms with Crippen molar-refractivity contribution in [1.82, 2.24) is 9.78 Å². The standard InChI is InChI=1S/C19H21F3N4/c1-3-16-15(13-7-5-4-6-8-13)11-14(12-23-2)18(24-16)26-10-9-17(25-26)19(20,21)22/h4-7,9-14,18H,3,8H2,1-2H3. The van der Waals surface area contributed by atoms with Crippen LogP contribution >= 0.6 is 0 Å². The predicted octanol–water partition coefficient (Wildman–Crippen LogP) is 4.64. The molecule has 0 saturated carbocycles. The van der Waals surface area contributed by atoms with Gasteiger partial charge in [-0.25, -0.2) is 4.68 Å². The first-order valence-electron chi connectivity index (χ1n) is 8.60. The highest BCUT2D eigenvalue weighted by atomic mass is 19.4. The van der Waals surface area contributed by atoms with E-state index in [0.717, 1.165) is 23.8 Å². The number of hydrogen-bond acceptors (Lipinski definition) is 3. The van der Waals surface area contributed by atoms with Crippen LogP contribution in [0.25, 0.3) is 0 Å². The van der Waals surface area contributed by atoms with Gasteiger partial charge in [-0.3, -0.25) is 4.99 Å². The fourth-order valence-electron chi connectivity index (χ4n) is 3.32. The molecule has 3 atom stereocenters. The number of rotatable bonds is 4. The Bertz CT molecular complexity index is 796. The molecular weight excluding hydrogens is 341 g/mol. The lowest BCUT2D eigenvalue weighted by Crippen LogP contribution is -2.27. The molecule has 0 spiro atoms. The molecule has 0 aromatic carbocycles. The number of aliphatic imine (C=N–C) groups is 2. The second-order valence-corrected chi connectivity index (χ2v) is 6.28. The maximum atomic E-state index is 12.9. The van der Waals surface area contributed by atoms with Crippen molar-refractivity contribution in [2.24, 2.45) is 21.8 Å². The molecule has 0 radical (unpaired) electrons. The highest BCUT2D eigenvalue weighted by Crippen LogP contribution is 2.35. The molecule has 2 heterocycles. The van der Waals surface area contributed by atoms with E-state index in [-0.39, 0.29) is 11.8 Å². The van der Waals surface area contributed by atoms with Gasteiger partial charge >= 0.3 is 6.18 Å². The zero-order valence-electron chi connectivity index (χ0n) is 14.7. The molecule has 1 aromatic rings. The number of aromatic nitrogens is 2. The first kappa shape index (κ1) is 18.4. The average molecular weight is 362 g/mol. The van der Waals surface area contributed by atoms with Crippen LogP contribution in [-0.2, 0) is 6.18 Å². The van der Waals surface area contributed by atoms with Crippen molar-refractivity contribution in [2.45, 2.75) is 32.1 Å². The van der Waals surface area contributed by atoms with E-state index in [4.69, 9.17) is 4.99 Å². The van der Waals surface area contributed by atoms with Crippen molar-refractivity contribution >= 4 is 11.9 Å². The fourth-order valence-corrected chi connectivity index (χ4v) is 3.32. The maximum Gasteiger partial charge on any atom is 0.435 e. The van der Waals surface area contributed by atoms with Gasteiger partial charge in [-0.15, -0.1) is 0 Å². The van der Waals surface area contributed by atoms with Crippen molar-refractivity contribution in [3.63, 3.8) is 0 Å². The topological polar surface area (TPSA) is 42.5 Å². The Morgan fingerprint density at radius 1 is 1.35 bits per heavy atom. The van der Waals surface area contributed by atoms with Gasteiger partial charge in [0, 0.05) is 31.1 Å². The minimum atomic E-state index is -4.47. The molecule has 0 saturated heterocycles. The molecule has 26 heavy (non-hydrogen) atoms. The second-order valence-electron chi connectivity index (χ2n) is 6.28. The molecular formula is C19H21F3N4. The average Bonchev–Trinajstić information content (AvgIpc) is 3.13. The molecule has 7 heteroatoms. The van der Waals surface area contributed by atoms with Crippen LogP contribution < -0.4 is 0 Å². The maximum absolute atomic E-state index is 12.9. The number of alkyl halides is 3. The number of allylic oxidation sites excluding steroid dienone is 5. The van der Waals surface area contributed by atoms with Gasteiger partial charge in [0.2, 0.25) is 0 Å². The lowest BCUT2D eigenvalue weighted by atomic mass is 9.84. The van der Waals surface area contributed by atoms with Gasteiger partial charge in [0.05, 0.1) is 5.92 Å². The van der Waals surface area contributed by atoms with Gasteiger partial charge in [0.1, 0.15) is 0 Å². The minimum absolute atomic E-state index is 0.232. The van der Waals surface area contributed by atoms with Crippen LogP contribution in [0.5, 0.6) is 0 Å². The lowest BCUT2D eigenvalue weighted by molar-refractivity contribution is -0.141. The van der Waals surface area contributed by atoms with Gasteiger partial charge in [-0.05, 0) is 24.5 Å². The largest absolute Gasteiger partial charge is 0.435 e. The van der Waals surface area contributed by atoms with E-state index >= 15 is 0 Å². The zero-order chi connectivity index (χ0) is 18.7. The van der Waals surface area contributed by atoms with Crippen molar-refractivity contribution < 1.29 is 13.2 Å². The Hall–Kier alpha value is -2.44. The highest BCUT2D eigenvalue weighted by molar-refractivity contribution is 6.02. The Morgan fingerprint density at radius 3 is 2.73 bits per heavy atom. The lowest BCUT2D eigenvalue weighted by Gasteiger charge is -2.29. The van der Waals surface area contributed by atoms with Crippen LogP contribution in [0.2, 0.25) is 0 Å². The third-order valence-electron chi connectivity index (χ3n) is 4.54. The monoisotopic (exact) mass is 362 g/mol. The quantitative estimate of drug-likeness (QED) is 0.720. The summed E-state index contributed by atoms with van der Waals surface area (Å²) in [5, 5.41) is 3.71. The summed E-state index contributed by atoms with van der Waals surface area (Å²) in [4.78, 5) is 8.84. The third-order valence-corrected chi connectivity index (χ3v) is 4.54. The van der Waals surface area contributed by atoms with E-state index in [2.05, 4.69) is 28.3 Å². The Kier molecular flexibility index (Phi) is 5.25. The SMILES string of the molecule is CCC1=NC(n2ccc(C(F)(F)F)n2)C(C=NC)C=C1C1C=CC=CC1. The summed E-state index contributed by atoms with van der Waals surface area (Å²) in [5.74, 6) is -0.0126. The predicted molar refractivity (Wildman–Crippen MR) is 96.4 cm³/mol. The Labute approximate surface area is 150 Å². The number of hydrogen-bond donors (Lipinski definition) is 0. The smallest absolute Gasteiger partial charge is 0.300 e. The molecule has 138 valence electrons. The van der Waals surface area contributed by atoms with E-state index in [9.17, 15) is 13.2 Å². The molecule has 0 N–H and O–H groups in total. The second kappa shape index (κ2) is 7.43.